The van der Waals surface area contributed by atoms with Gasteiger partial charge in [0.2, 0.25) is 27.8 Å². The van der Waals surface area contributed by atoms with Crippen molar-refractivity contribution in [3.8, 4) is 5.75 Å². The van der Waals surface area contributed by atoms with Gasteiger partial charge >= 0.3 is 0 Å². The van der Waals surface area contributed by atoms with Crippen molar-refractivity contribution in [2.45, 2.75) is 57.4 Å². The van der Waals surface area contributed by atoms with Crippen LogP contribution in [-0.2, 0) is 19.6 Å². The molecule has 2 aromatic heterocycles. The van der Waals surface area contributed by atoms with E-state index in [2.05, 4.69) is 99.8 Å². The van der Waals surface area contributed by atoms with Crippen LogP contribution in [0.2, 0.25) is 0 Å². The molecule has 6 heterocycles. The zero-order valence-corrected chi connectivity index (χ0v) is 39.1. The van der Waals surface area contributed by atoms with Crippen molar-refractivity contribution < 1.29 is 22.7 Å². The minimum Gasteiger partial charge on any atom is -0.494 e. The molecule has 2 amide bonds. The Bertz CT molecular complexity index is 2620. The highest BCUT2D eigenvalue weighted by molar-refractivity contribution is 9.10. The largest absolute Gasteiger partial charge is 0.494 e. The number of halogens is 1. The molecule has 5 aromatic rings. The maximum Gasteiger partial charge on any atom is 0.236 e. The zero-order chi connectivity index (χ0) is 44.5. The monoisotopic (exact) mass is 952 g/mol. The van der Waals surface area contributed by atoms with Gasteiger partial charge in [0.25, 0.3) is 0 Å². The standard InChI is InChI=1S/C47H57BrN10O5S/c1-31-27-40(51-47-49-29-38(48)45(53-47)50-39-6-4-5-34-15-22-58(44(34)39)64(3,61)62)42(63-2)28-41(31)57-20-16-36(17-21-57)56-25-23-54(24-26-56)30-32-13-18-55(19-14-32)35-9-7-33(8-10-35)37-11-12-43(59)52-46(37)60/h4-10,15,22,27-29,32,36-37H,11-14,16-21,23-26,30H2,1-3H3,(H,52,59,60)(H2,49,50,51,53). The summed E-state index contributed by atoms with van der Waals surface area (Å²) in [5, 5.41) is 9.94. The number of fused-ring (bicyclic) bond motifs is 1. The molecule has 17 heteroatoms. The number of hydrogen-bond acceptors (Lipinski definition) is 13. The second kappa shape index (κ2) is 18.7. The van der Waals surface area contributed by atoms with E-state index in [1.165, 1.54) is 41.0 Å². The number of carbonyl (C=O) groups is 2. The Hall–Kier alpha value is -5.23. The average molecular weight is 954 g/mol. The van der Waals surface area contributed by atoms with Gasteiger partial charge < -0.3 is 30.1 Å². The molecular formula is C47H57BrN10O5S. The maximum atomic E-state index is 12.5. The van der Waals surface area contributed by atoms with Gasteiger partial charge in [-0.2, -0.15) is 4.98 Å². The minimum absolute atomic E-state index is 0.175. The van der Waals surface area contributed by atoms with Crippen LogP contribution in [0.3, 0.4) is 0 Å². The van der Waals surface area contributed by atoms with Crippen LogP contribution in [0.25, 0.3) is 10.9 Å². The summed E-state index contributed by atoms with van der Waals surface area (Å²) in [5.74, 6) is 1.66. The quantitative estimate of drug-likeness (QED) is 0.112. The second-order valence-electron chi connectivity index (χ2n) is 17.7. The van der Waals surface area contributed by atoms with E-state index < -0.39 is 10.0 Å². The molecule has 4 fully saturated rings. The van der Waals surface area contributed by atoms with Gasteiger partial charge in [0.1, 0.15) is 11.6 Å². The summed E-state index contributed by atoms with van der Waals surface area (Å²) in [6.45, 7) is 11.9. The van der Waals surface area contributed by atoms with Gasteiger partial charge in [0.05, 0.1) is 40.6 Å². The van der Waals surface area contributed by atoms with E-state index in [-0.39, 0.29) is 17.7 Å². The number of amides is 2. The summed E-state index contributed by atoms with van der Waals surface area (Å²) in [6.07, 6.45) is 10.0. The lowest BCUT2D eigenvalue weighted by Crippen LogP contribution is -2.54. The summed E-state index contributed by atoms with van der Waals surface area (Å²) >= 11 is 3.56. The zero-order valence-electron chi connectivity index (χ0n) is 36.7. The van der Waals surface area contributed by atoms with E-state index in [0.29, 0.717) is 58.0 Å². The Kier molecular flexibility index (Phi) is 12.9. The normalized spacial score (nSPS) is 19.8. The number of nitrogens with one attached hydrogen (secondary N) is 3. The molecule has 0 bridgehead atoms. The summed E-state index contributed by atoms with van der Waals surface area (Å²) in [5.41, 5.74) is 6.39. The van der Waals surface area contributed by atoms with Crippen LogP contribution in [0.1, 0.15) is 55.6 Å². The Balaban J connectivity index is 0.746. The van der Waals surface area contributed by atoms with Gasteiger partial charge in [0, 0.05) is 107 Å². The summed E-state index contributed by atoms with van der Waals surface area (Å²) in [6, 6.07) is 20.5. The van der Waals surface area contributed by atoms with Crippen molar-refractivity contribution in [3.63, 3.8) is 0 Å². The van der Waals surface area contributed by atoms with Crippen molar-refractivity contribution >= 4 is 83.2 Å². The molecule has 0 spiro atoms. The van der Waals surface area contributed by atoms with Gasteiger partial charge in [-0.15, -0.1) is 0 Å². The molecule has 4 aliphatic rings. The first kappa shape index (κ1) is 44.0. The number of imide groups is 1. The van der Waals surface area contributed by atoms with Crippen LogP contribution < -0.4 is 30.5 Å². The number of piperazine rings is 1. The number of carbonyl (C=O) groups excluding carboxylic acids is 2. The lowest BCUT2D eigenvalue weighted by Gasteiger charge is -2.44. The third kappa shape index (κ3) is 9.58. The second-order valence-corrected chi connectivity index (χ2v) is 20.4. The third-order valence-electron chi connectivity index (χ3n) is 13.6. The smallest absolute Gasteiger partial charge is 0.236 e. The van der Waals surface area contributed by atoms with Crippen molar-refractivity contribution in [2.24, 2.45) is 5.92 Å². The van der Waals surface area contributed by atoms with Crippen LogP contribution in [0, 0.1) is 12.8 Å². The van der Waals surface area contributed by atoms with Crippen LogP contribution in [0.4, 0.5) is 34.5 Å². The minimum atomic E-state index is -3.52. The van der Waals surface area contributed by atoms with E-state index in [4.69, 9.17) is 9.72 Å². The molecule has 0 aliphatic carbocycles. The van der Waals surface area contributed by atoms with Gasteiger partial charge in [0.15, 0.2) is 0 Å². The highest BCUT2D eigenvalue weighted by Crippen LogP contribution is 2.38. The number of piperidine rings is 3. The fourth-order valence-corrected chi connectivity index (χ4v) is 11.1. The predicted molar refractivity (Wildman–Crippen MR) is 256 cm³/mol. The molecule has 1 atom stereocenters. The Labute approximate surface area is 383 Å². The molecule has 338 valence electrons. The van der Waals surface area contributed by atoms with Crippen molar-refractivity contribution in [1.29, 1.82) is 0 Å². The lowest BCUT2D eigenvalue weighted by molar-refractivity contribution is -0.134. The first-order valence-electron chi connectivity index (χ1n) is 22.4. The van der Waals surface area contributed by atoms with Crippen LogP contribution in [-0.4, -0.2) is 122 Å². The fraction of sp³-hybridized carbons (Fsp3) is 0.447. The maximum absolute atomic E-state index is 12.5. The molecule has 15 nitrogen and oxygen atoms in total. The van der Waals surface area contributed by atoms with E-state index in [1.807, 2.05) is 18.2 Å². The number of para-hydroxylation sites is 1. The van der Waals surface area contributed by atoms with Gasteiger partial charge in [-0.1, -0.05) is 24.3 Å². The molecule has 0 radical (unpaired) electrons. The third-order valence-corrected chi connectivity index (χ3v) is 15.2. The highest BCUT2D eigenvalue weighted by Gasteiger charge is 2.31. The predicted octanol–water partition coefficient (Wildman–Crippen LogP) is 6.83. The lowest BCUT2D eigenvalue weighted by atomic mass is 9.90. The SMILES string of the molecule is COc1cc(N2CCC(N3CCN(CC4CCN(c5ccc(C6CCC(=O)NC6=O)cc5)CC4)CC3)CC2)c(C)cc1Nc1ncc(Br)c(Nc2cccc3ccn(S(C)(=O)=O)c23)n1. The van der Waals surface area contributed by atoms with Crippen molar-refractivity contribution in [3.05, 3.63) is 88.7 Å². The molecule has 1 unspecified atom stereocenters. The number of methoxy groups -OCH3 is 1. The first-order valence-corrected chi connectivity index (χ1v) is 25.0. The molecule has 4 aliphatic heterocycles. The van der Waals surface area contributed by atoms with E-state index in [1.54, 1.807) is 25.6 Å². The number of ether oxygens (including phenoxy) is 1. The molecular weight excluding hydrogens is 897 g/mol. The van der Waals surface area contributed by atoms with E-state index >= 15 is 0 Å². The average Bonchev–Trinajstić information content (AvgIpc) is 3.75. The molecule has 3 N–H and O–H groups in total. The number of anilines is 6. The molecule has 4 saturated heterocycles. The topological polar surface area (TPSA) is 157 Å². The van der Waals surface area contributed by atoms with Crippen LogP contribution in [0.5, 0.6) is 5.75 Å². The van der Waals surface area contributed by atoms with Gasteiger partial charge in [-0.05, 0) is 102 Å². The molecule has 3 aromatic carbocycles. The fourth-order valence-electron chi connectivity index (χ4n) is 10.0. The van der Waals surface area contributed by atoms with Crippen LogP contribution >= 0.6 is 15.9 Å². The van der Waals surface area contributed by atoms with Crippen molar-refractivity contribution in [1.82, 2.24) is 29.1 Å². The summed E-state index contributed by atoms with van der Waals surface area (Å²) < 4.78 is 32.9. The molecule has 0 saturated carbocycles. The van der Waals surface area contributed by atoms with E-state index in [9.17, 15) is 18.0 Å². The Morgan fingerprint density at radius 3 is 2.30 bits per heavy atom. The Morgan fingerprint density at radius 2 is 1.59 bits per heavy atom. The van der Waals surface area contributed by atoms with E-state index in [0.717, 1.165) is 87.4 Å². The molecule has 64 heavy (non-hydrogen) atoms. The Morgan fingerprint density at radius 1 is 0.859 bits per heavy atom. The molecule has 9 rings (SSSR count). The van der Waals surface area contributed by atoms with Crippen molar-refractivity contribution in [2.75, 3.05) is 92.7 Å². The number of benzene rings is 3. The number of aryl methyl sites for hydroxylation is 1. The summed E-state index contributed by atoms with van der Waals surface area (Å²) in [4.78, 5) is 43.5. The van der Waals surface area contributed by atoms with Gasteiger partial charge in [-0.25, -0.2) is 17.4 Å². The first-order chi connectivity index (χ1) is 30.9. The number of hydrogen-bond donors (Lipinski definition) is 3. The highest BCUT2D eigenvalue weighted by atomic mass is 79.9. The number of aromatic nitrogens is 3. The number of rotatable bonds is 12. The van der Waals surface area contributed by atoms with Crippen LogP contribution in [0.15, 0.2) is 77.5 Å². The number of nitrogens with zero attached hydrogens (tertiary/aromatic N) is 7. The van der Waals surface area contributed by atoms with Gasteiger partial charge in [-0.3, -0.25) is 19.8 Å². The summed E-state index contributed by atoms with van der Waals surface area (Å²) in [7, 11) is -1.85.